The number of pyridine rings is 1. The van der Waals surface area contributed by atoms with Gasteiger partial charge in [0.1, 0.15) is 11.6 Å². The topological polar surface area (TPSA) is 77.2 Å². The first kappa shape index (κ1) is 22.5. The third-order valence-electron chi connectivity index (χ3n) is 5.75. The summed E-state index contributed by atoms with van der Waals surface area (Å²) >= 11 is 0. The molecule has 0 saturated carbocycles. The van der Waals surface area contributed by atoms with Gasteiger partial charge in [-0.3, -0.25) is 0 Å². The molecule has 0 radical (unpaired) electrons. The zero-order valence-corrected chi connectivity index (χ0v) is 18.9. The Morgan fingerprint density at radius 3 is 2.45 bits per heavy atom. The largest absolute Gasteiger partial charge is 0.508 e. The zero-order valence-electron chi connectivity index (χ0n) is 18.9. The van der Waals surface area contributed by atoms with E-state index >= 15 is 0 Å². The normalized spacial score (nSPS) is 11.3. The smallest absolute Gasteiger partial charge is 0.339 e. The SMILES string of the molecule is CCOC(=O)c1cc(-c2cccc(O)c2)nc2c1c(C(CC)CC)nn2-c1ccc(F)cc1. The molecule has 2 heterocycles. The first-order valence-electron chi connectivity index (χ1n) is 11.1. The van der Waals surface area contributed by atoms with Gasteiger partial charge in [0.15, 0.2) is 5.65 Å². The molecule has 2 aromatic carbocycles. The molecule has 6 nitrogen and oxygen atoms in total. The van der Waals surface area contributed by atoms with Crippen LogP contribution in [0.25, 0.3) is 28.0 Å². The summed E-state index contributed by atoms with van der Waals surface area (Å²) in [6, 6.07) is 14.4. The molecule has 0 atom stereocenters. The fourth-order valence-corrected chi connectivity index (χ4v) is 4.05. The van der Waals surface area contributed by atoms with Crippen LogP contribution in [0, 0.1) is 5.82 Å². The van der Waals surface area contributed by atoms with Crippen molar-refractivity contribution in [1.29, 1.82) is 0 Å². The molecule has 0 fully saturated rings. The molecule has 0 unspecified atom stereocenters. The van der Waals surface area contributed by atoms with E-state index in [1.807, 2.05) is 6.07 Å². The third-order valence-corrected chi connectivity index (χ3v) is 5.75. The maximum absolute atomic E-state index is 13.6. The second-order valence-electron chi connectivity index (χ2n) is 7.81. The van der Waals surface area contributed by atoms with Gasteiger partial charge in [-0.2, -0.15) is 5.10 Å². The number of hydrogen-bond acceptors (Lipinski definition) is 5. The van der Waals surface area contributed by atoms with E-state index in [1.165, 1.54) is 12.1 Å². The van der Waals surface area contributed by atoms with Crippen molar-refractivity contribution in [2.24, 2.45) is 0 Å². The average molecular weight is 448 g/mol. The number of hydrogen-bond donors (Lipinski definition) is 1. The molecule has 1 N–H and O–H groups in total. The quantitative estimate of drug-likeness (QED) is 0.351. The maximum atomic E-state index is 13.6. The van der Waals surface area contributed by atoms with Crippen LogP contribution in [0.4, 0.5) is 4.39 Å². The van der Waals surface area contributed by atoms with Crippen molar-refractivity contribution in [1.82, 2.24) is 14.8 Å². The minimum absolute atomic E-state index is 0.0943. The molecule has 0 saturated heterocycles. The predicted molar refractivity (Wildman–Crippen MR) is 125 cm³/mol. The lowest BCUT2D eigenvalue weighted by molar-refractivity contribution is 0.0528. The van der Waals surface area contributed by atoms with Crippen LogP contribution in [-0.4, -0.2) is 32.4 Å². The Bertz CT molecular complexity index is 1290. The number of nitrogens with zero attached hydrogens (tertiary/aromatic N) is 3. The van der Waals surface area contributed by atoms with Gasteiger partial charge in [0.05, 0.1) is 34.6 Å². The lowest BCUT2D eigenvalue weighted by atomic mass is 9.95. The number of phenolic OH excluding ortho intramolecular Hbond substituents is 1. The highest BCUT2D eigenvalue weighted by molar-refractivity contribution is 6.05. The van der Waals surface area contributed by atoms with Crippen molar-refractivity contribution in [3.63, 3.8) is 0 Å². The van der Waals surface area contributed by atoms with Crippen molar-refractivity contribution < 1.29 is 19.0 Å². The van der Waals surface area contributed by atoms with Gasteiger partial charge >= 0.3 is 5.97 Å². The Balaban J connectivity index is 2.09. The number of ether oxygens (including phenoxy) is 1. The van der Waals surface area contributed by atoms with Crippen LogP contribution in [0.5, 0.6) is 5.75 Å². The number of phenols is 1. The molecule has 2 aromatic heterocycles. The molecular formula is C26H26FN3O3. The molecule has 4 rings (SSSR count). The highest BCUT2D eigenvalue weighted by atomic mass is 19.1. The highest BCUT2D eigenvalue weighted by Crippen LogP contribution is 2.35. The average Bonchev–Trinajstić information content (AvgIpc) is 3.19. The fraction of sp³-hybridized carbons (Fsp3) is 0.269. The van der Waals surface area contributed by atoms with Crippen LogP contribution < -0.4 is 0 Å². The zero-order chi connectivity index (χ0) is 23.5. The number of halogens is 1. The number of esters is 1. The standard InChI is InChI=1S/C26H26FN3O3/c1-4-16(5-2)24-23-21(26(32)33-6-3)15-22(17-8-7-9-20(31)14-17)28-25(23)30(29-24)19-12-10-18(27)11-13-19/h7-16,31H,4-6H2,1-3H3. The lowest BCUT2D eigenvalue weighted by Gasteiger charge is -2.12. The van der Waals surface area contributed by atoms with Gasteiger partial charge in [0.2, 0.25) is 0 Å². The van der Waals surface area contributed by atoms with Gasteiger partial charge in [-0.1, -0.05) is 26.0 Å². The Morgan fingerprint density at radius 2 is 1.82 bits per heavy atom. The Hall–Kier alpha value is -3.74. The van der Waals surface area contributed by atoms with E-state index < -0.39 is 5.97 Å². The number of aromatic nitrogens is 3. The van der Waals surface area contributed by atoms with Crippen molar-refractivity contribution in [3.05, 3.63) is 71.7 Å². The Kier molecular flexibility index (Phi) is 6.40. The van der Waals surface area contributed by atoms with E-state index in [1.54, 1.807) is 48.0 Å². The molecule has 0 aliphatic carbocycles. The third kappa shape index (κ3) is 4.31. The van der Waals surface area contributed by atoms with Crippen molar-refractivity contribution >= 4 is 17.0 Å². The lowest BCUT2D eigenvalue weighted by Crippen LogP contribution is -2.08. The molecule has 170 valence electrons. The second-order valence-corrected chi connectivity index (χ2v) is 7.81. The Labute approximate surface area is 191 Å². The summed E-state index contributed by atoms with van der Waals surface area (Å²) in [5.74, 6) is -0.610. The maximum Gasteiger partial charge on any atom is 0.339 e. The summed E-state index contributed by atoms with van der Waals surface area (Å²) in [7, 11) is 0. The molecule has 0 aliphatic rings. The van der Waals surface area contributed by atoms with Crippen LogP contribution in [0.15, 0.2) is 54.6 Å². The van der Waals surface area contributed by atoms with Gasteiger partial charge in [-0.25, -0.2) is 18.9 Å². The van der Waals surface area contributed by atoms with Crippen molar-refractivity contribution in [3.8, 4) is 22.7 Å². The van der Waals surface area contributed by atoms with Gasteiger partial charge in [0.25, 0.3) is 0 Å². The molecule has 7 heteroatoms. The second kappa shape index (κ2) is 9.40. The summed E-state index contributed by atoms with van der Waals surface area (Å²) in [5.41, 5.74) is 3.40. The highest BCUT2D eigenvalue weighted by Gasteiger charge is 2.26. The molecule has 0 amide bonds. The van der Waals surface area contributed by atoms with Crippen molar-refractivity contribution in [2.45, 2.75) is 39.5 Å². The molecule has 0 aliphatic heterocycles. The predicted octanol–water partition coefficient (Wildman–Crippen LogP) is 6.01. The van der Waals surface area contributed by atoms with Crippen LogP contribution in [-0.2, 0) is 4.74 Å². The molecule has 0 spiro atoms. The molecule has 4 aromatic rings. The van der Waals surface area contributed by atoms with E-state index in [9.17, 15) is 14.3 Å². The van der Waals surface area contributed by atoms with E-state index in [-0.39, 0.29) is 24.1 Å². The number of aromatic hydroxyl groups is 1. The van der Waals surface area contributed by atoms with E-state index in [0.717, 1.165) is 18.5 Å². The van der Waals surface area contributed by atoms with Crippen LogP contribution in [0.1, 0.15) is 55.6 Å². The van der Waals surface area contributed by atoms with E-state index in [4.69, 9.17) is 14.8 Å². The van der Waals surface area contributed by atoms with Crippen LogP contribution in [0.3, 0.4) is 0 Å². The number of carbonyl (C=O) groups is 1. The summed E-state index contributed by atoms with van der Waals surface area (Å²) in [6.45, 7) is 6.15. The van der Waals surface area contributed by atoms with Crippen LogP contribution >= 0.6 is 0 Å². The summed E-state index contributed by atoms with van der Waals surface area (Å²) in [5, 5.41) is 15.5. The summed E-state index contributed by atoms with van der Waals surface area (Å²) in [6.07, 6.45) is 1.67. The van der Waals surface area contributed by atoms with Crippen LogP contribution in [0.2, 0.25) is 0 Å². The summed E-state index contributed by atoms with van der Waals surface area (Å²) in [4.78, 5) is 17.9. The van der Waals surface area contributed by atoms with E-state index in [2.05, 4.69) is 13.8 Å². The molecular weight excluding hydrogens is 421 g/mol. The molecule has 0 bridgehead atoms. The minimum Gasteiger partial charge on any atom is -0.508 e. The van der Waals surface area contributed by atoms with Crippen molar-refractivity contribution in [2.75, 3.05) is 6.61 Å². The molecule has 33 heavy (non-hydrogen) atoms. The number of benzene rings is 2. The van der Waals surface area contributed by atoms with Gasteiger partial charge < -0.3 is 9.84 Å². The first-order chi connectivity index (χ1) is 16.0. The monoisotopic (exact) mass is 447 g/mol. The van der Waals surface area contributed by atoms with Gasteiger partial charge in [-0.05, 0) is 62.2 Å². The fourth-order valence-electron chi connectivity index (χ4n) is 4.05. The number of rotatable bonds is 7. The van der Waals surface area contributed by atoms with Gasteiger partial charge in [0, 0.05) is 11.5 Å². The summed E-state index contributed by atoms with van der Waals surface area (Å²) < 4.78 is 20.6. The first-order valence-corrected chi connectivity index (χ1v) is 11.1. The minimum atomic E-state index is -0.461. The number of fused-ring (bicyclic) bond motifs is 1. The van der Waals surface area contributed by atoms with E-state index in [0.29, 0.717) is 33.5 Å². The van der Waals surface area contributed by atoms with Gasteiger partial charge in [-0.15, -0.1) is 0 Å². The number of carbonyl (C=O) groups excluding carboxylic acids is 1. The Morgan fingerprint density at radius 1 is 1.09 bits per heavy atom.